The predicted octanol–water partition coefficient (Wildman–Crippen LogP) is 1.02. The Morgan fingerprint density at radius 1 is 1.62 bits per heavy atom. The molecule has 0 atom stereocenters. The predicted molar refractivity (Wildman–Crippen MR) is 62.3 cm³/mol. The number of pyridine rings is 1. The van der Waals surface area contributed by atoms with Gasteiger partial charge in [-0.15, -0.1) is 0 Å². The minimum Gasteiger partial charge on any atom is -0.382 e. The van der Waals surface area contributed by atoms with Crippen LogP contribution in [-0.4, -0.2) is 30.1 Å². The second kappa shape index (κ2) is 4.94. The number of rotatable bonds is 5. The van der Waals surface area contributed by atoms with Gasteiger partial charge in [-0.1, -0.05) is 0 Å². The highest BCUT2D eigenvalue weighted by atomic mass is 16.5. The lowest BCUT2D eigenvalue weighted by Crippen LogP contribution is -2.37. The minimum atomic E-state index is -0.496. The maximum atomic E-state index is 11.2. The summed E-state index contributed by atoms with van der Waals surface area (Å²) in [6, 6.07) is 3.31. The Balaban J connectivity index is 2.92. The lowest BCUT2D eigenvalue weighted by atomic mass is 10.1. The van der Waals surface area contributed by atoms with Crippen molar-refractivity contribution < 1.29 is 9.53 Å². The summed E-state index contributed by atoms with van der Waals surface area (Å²) in [6.07, 6.45) is 1.61. The molecule has 0 aliphatic rings. The molecule has 0 aliphatic heterocycles. The maximum absolute atomic E-state index is 11.2. The van der Waals surface area contributed by atoms with Crippen LogP contribution < -0.4 is 11.1 Å². The molecule has 1 heterocycles. The summed E-state index contributed by atoms with van der Waals surface area (Å²) < 4.78 is 5.07. The quantitative estimate of drug-likeness (QED) is 0.781. The van der Waals surface area contributed by atoms with E-state index < -0.39 is 5.91 Å². The number of amides is 1. The third-order valence-electron chi connectivity index (χ3n) is 2.04. The normalized spacial score (nSPS) is 11.2. The average Bonchev–Trinajstić information content (AvgIpc) is 2.17. The summed E-state index contributed by atoms with van der Waals surface area (Å²) in [5, 5.41) is 3.13. The molecule has 1 aromatic rings. The number of aromatic nitrogens is 1. The van der Waals surface area contributed by atoms with E-state index in [9.17, 15) is 4.79 Å². The van der Waals surface area contributed by atoms with Crippen LogP contribution in [-0.2, 0) is 4.74 Å². The summed E-state index contributed by atoms with van der Waals surface area (Å²) in [7, 11) is 1.62. The van der Waals surface area contributed by atoms with Gasteiger partial charge >= 0.3 is 0 Å². The molecule has 0 bridgehead atoms. The minimum absolute atomic E-state index is 0.312. The van der Waals surface area contributed by atoms with Crippen LogP contribution in [0.1, 0.15) is 24.2 Å². The molecule has 1 amide bonds. The Morgan fingerprint density at radius 3 is 2.88 bits per heavy atom. The lowest BCUT2D eigenvalue weighted by molar-refractivity contribution is 0.100. The Kier molecular flexibility index (Phi) is 3.84. The Morgan fingerprint density at radius 2 is 2.31 bits per heavy atom. The molecule has 88 valence electrons. The molecule has 5 nitrogen and oxygen atoms in total. The van der Waals surface area contributed by atoms with Gasteiger partial charge in [0, 0.05) is 13.3 Å². The van der Waals surface area contributed by atoms with Gasteiger partial charge < -0.3 is 15.8 Å². The molecule has 0 spiro atoms. The first-order chi connectivity index (χ1) is 7.46. The fourth-order valence-corrected chi connectivity index (χ4v) is 1.42. The highest BCUT2D eigenvalue weighted by Gasteiger charge is 2.20. The van der Waals surface area contributed by atoms with Crippen molar-refractivity contribution in [2.75, 3.05) is 19.0 Å². The summed E-state index contributed by atoms with van der Waals surface area (Å²) in [6.45, 7) is 4.41. The van der Waals surface area contributed by atoms with E-state index in [-0.39, 0.29) is 5.54 Å². The molecule has 0 saturated heterocycles. The van der Waals surface area contributed by atoms with Crippen LogP contribution in [0.25, 0.3) is 0 Å². The number of ether oxygens (including phenoxy) is 1. The van der Waals surface area contributed by atoms with Gasteiger partial charge in [0.2, 0.25) is 0 Å². The van der Waals surface area contributed by atoms with Gasteiger partial charge in [0.05, 0.1) is 17.7 Å². The second-order valence-electron chi connectivity index (χ2n) is 4.21. The van der Waals surface area contributed by atoms with Gasteiger partial charge in [-0.2, -0.15) is 0 Å². The van der Waals surface area contributed by atoms with Crippen LogP contribution >= 0.6 is 0 Å². The second-order valence-corrected chi connectivity index (χ2v) is 4.21. The largest absolute Gasteiger partial charge is 0.382 e. The summed E-state index contributed by atoms with van der Waals surface area (Å²) in [5.74, 6) is -0.0131. The summed E-state index contributed by atoms with van der Waals surface area (Å²) in [4.78, 5) is 15.3. The Labute approximate surface area is 95.0 Å². The van der Waals surface area contributed by atoms with E-state index in [1.54, 1.807) is 25.4 Å². The molecule has 3 N–H and O–H groups in total. The zero-order valence-corrected chi connectivity index (χ0v) is 9.78. The first-order valence-corrected chi connectivity index (χ1v) is 4.98. The van der Waals surface area contributed by atoms with Crippen LogP contribution in [0.5, 0.6) is 0 Å². The molecule has 0 fully saturated rings. The topological polar surface area (TPSA) is 77.2 Å². The van der Waals surface area contributed by atoms with Gasteiger partial charge in [-0.05, 0) is 26.0 Å². The van der Waals surface area contributed by atoms with Crippen molar-refractivity contribution in [3.05, 3.63) is 23.9 Å². The number of nitrogens with two attached hydrogens (primary N) is 1. The molecule has 0 radical (unpaired) electrons. The van der Waals surface area contributed by atoms with Crippen molar-refractivity contribution in [2.24, 2.45) is 5.73 Å². The van der Waals surface area contributed by atoms with Gasteiger partial charge in [-0.25, -0.2) is 4.98 Å². The SMILES string of the molecule is COCC(C)(C)Nc1ncccc1C(N)=O. The smallest absolute Gasteiger partial charge is 0.252 e. The van der Waals surface area contributed by atoms with Gasteiger partial charge in [0.25, 0.3) is 5.91 Å². The standard InChI is InChI=1S/C11H17N3O2/c1-11(2,7-16-3)14-10-8(9(12)15)5-4-6-13-10/h4-6H,7H2,1-3H3,(H2,12,15)(H,13,14). The molecule has 16 heavy (non-hydrogen) atoms. The molecule has 0 saturated carbocycles. The van der Waals surface area contributed by atoms with Crippen molar-refractivity contribution in [3.63, 3.8) is 0 Å². The van der Waals surface area contributed by atoms with Gasteiger partial charge in [-0.3, -0.25) is 4.79 Å². The summed E-state index contributed by atoms with van der Waals surface area (Å²) >= 11 is 0. The monoisotopic (exact) mass is 223 g/mol. The number of carbonyl (C=O) groups excluding carboxylic acids is 1. The zero-order valence-electron chi connectivity index (χ0n) is 9.78. The molecule has 0 unspecified atom stereocenters. The highest BCUT2D eigenvalue weighted by Crippen LogP contribution is 2.16. The number of hydrogen-bond donors (Lipinski definition) is 2. The van der Waals surface area contributed by atoms with E-state index in [1.807, 2.05) is 13.8 Å². The number of primary amides is 1. The third-order valence-corrected chi connectivity index (χ3v) is 2.04. The number of anilines is 1. The van der Waals surface area contributed by atoms with E-state index in [1.165, 1.54) is 0 Å². The Bertz CT molecular complexity index is 377. The van der Waals surface area contributed by atoms with E-state index in [4.69, 9.17) is 10.5 Å². The fourth-order valence-electron chi connectivity index (χ4n) is 1.42. The van der Waals surface area contributed by atoms with E-state index in [2.05, 4.69) is 10.3 Å². The third kappa shape index (κ3) is 3.20. The van der Waals surface area contributed by atoms with Crippen LogP contribution in [0, 0.1) is 0 Å². The molecule has 1 rings (SSSR count). The molecule has 0 aliphatic carbocycles. The summed E-state index contributed by atoms with van der Waals surface area (Å²) in [5.41, 5.74) is 5.33. The van der Waals surface area contributed by atoms with Crippen molar-refractivity contribution in [2.45, 2.75) is 19.4 Å². The molecular formula is C11H17N3O2. The van der Waals surface area contributed by atoms with Crippen LogP contribution in [0.4, 0.5) is 5.82 Å². The number of hydrogen-bond acceptors (Lipinski definition) is 4. The maximum Gasteiger partial charge on any atom is 0.252 e. The number of nitrogens with one attached hydrogen (secondary N) is 1. The zero-order chi connectivity index (χ0) is 12.2. The van der Waals surface area contributed by atoms with E-state index >= 15 is 0 Å². The first-order valence-electron chi connectivity index (χ1n) is 4.98. The van der Waals surface area contributed by atoms with Crippen LogP contribution in [0.2, 0.25) is 0 Å². The lowest BCUT2D eigenvalue weighted by Gasteiger charge is -2.26. The Hall–Kier alpha value is -1.62. The molecular weight excluding hydrogens is 206 g/mol. The first kappa shape index (κ1) is 12.4. The van der Waals surface area contributed by atoms with Crippen molar-refractivity contribution >= 4 is 11.7 Å². The van der Waals surface area contributed by atoms with Crippen molar-refractivity contribution in [1.29, 1.82) is 0 Å². The van der Waals surface area contributed by atoms with Gasteiger partial charge in [0.1, 0.15) is 5.82 Å². The molecule has 1 aromatic heterocycles. The van der Waals surface area contributed by atoms with Crippen LogP contribution in [0.15, 0.2) is 18.3 Å². The number of nitrogens with zero attached hydrogens (tertiary/aromatic N) is 1. The molecule has 0 aromatic carbocycles. The van der Waals surface area contributed by atoms with Gasteiger partial charge in [0.15, 0.2) is 0 Å². The fraction of sp³-hybridized carbons (Fsp3) is 0.455. The average molecular weight is 223 g/mol. The number of methoxy groups -OCH3 is 1. The van der Waals surface area contributed by atoms with E-state index in [0.29, 0.717) is 18.0 Å². The van der Waals surface area contributed by atoms with Crippen molar-refractivity contribution in [1.82, 2.24) is 4.98 Å². The van der Waals surface area contributed by atoms with Crippen LogP contribution in [0.3, 0.4) is 0 Å². The molecule has 5 heteroatoms. The van der Waals surface area contributed by atoms with E-state index in [0.717, 1.165) is 0 Å². The number of carbonyl (C=O) groups is 1. The highest BCUT2D eigenvalue weighted by molar-refractivity contribution is 5.97. The van der Waals surface area contributed by atoms with Crippen molar-refractivity contribution in [3.8, 4) is 0 Å².